The number of rotatable bonds is 2. The van der Waals surface area contributed by atoms with Crippen molar-refractivity contribution in [3.8, 4) is 0 Å². The van der Waals surface area contributed by atoms with Crippen molar-refractivity contribution in [2.24, 2.45) is 62.6 Å². The monoisotopic (exact) mass is 500 g/mol. The second kappa shape index (κ2) is 8.01. The lowest BCUT2D eigenvalue weighted by molar-refractivity contribution is 0.0725. The average Bonchev–Trinajstić information content (AvgIpc) is 3.46. The molecule has 37 heavy (non-hydrogen) atoms. The van der Waals surface area contributed by atoms with Gasteiger partial charge in [-0.3, -0.25) is 0 Å². The molecule has 4 unspecified atom stereocenters. The molecule has 0 heterocycles. The Morgan fingerprint density at radius 1 is 0.514 bits per heavy atom. The van der Waals surface area contributed by atoms with Gasteiger partial charge in [-0.15, -0.1) is 0 Å². The molecule has 6 rings (SSSR count). The predicted molar refractivity (Wildman–Crippen MR) is 159 cm³/mol. The standard InChI is InChI=1S/C37H56/c1-33(2)15-17-35(5,6)30-21-26-24(19-28(30)33)25-20-29-31(36(7,8)18-16-34(29,3)4)22-27(25)32(26)37(9,10)23-13-11-12-14-23/h19-27,32H,11-18H2,1-10H3. The molecule has 4 atom stereocenters. The van der Waals surface area contributed by atoms with Gasteiger partial charge >= 0.3 is 0 Å². The lowest BCUT2D eigenvalue weighted by Crippen LogP contribution is -2.40. The minimum Gasteiger partial charge on any atom is -0.0764 e. The van der Waals surface area contributed by atoms with Crippen molar-refractivity contribution in [3.63, 3.8) is 0 Å². The molecule has 6 aliphatic carbocycles. The molecule has 4 saturated carbocycles. The van der Waals surface area contributed by atoms with Crippen LogP contribution in [0.2, 0.25) is 0 Å². The van der Waals surface area contributed by atoms with Crippen LogP contribution in [0.3, 0.4) is 0 Å². The van der Waals surface area contributed by atoms with Crippen LogP contribution >= 0.6 is 0 Å². The first kappa shape index (κ1) is 26.2. The summed E-state index contributed by atoms with van der Waals surface area (Å²) in [5.74, 6) is 4.30. The summed E-state index contributed by atoms with van der Waals surface area (Å²) in [5.41, 5.74) is 8.44. The first-order valence-corrected chi connectivity index (χ1v) is 16.0. The Morgan fingerprint density at radius 3 is 1.14 bits per heavy atom. The Morgan fingerprint density at radius 2 is 0.811 bits per heavy atom. The van der Waals surface area contributed by atoms with E-state index in [0.717, 1.165) is 11.8 Å². The number of fused-ring (bicyclic) bond motifs is 5. The van der Waals surface area contributed by atoms with Crippen LogP contribution in [-0.2, 0) is 0 Å². The van der Waals surface area contributed by atoms with Crippen LogP contribution < -0.4 is 0 Å². The van der Waals surface area contributed by atoms with Gasteiger partial charge in [-0.2, -0.15) is 0 Å². The van der Waals surface area contributed by atoms with E-state index >= 15 is 0 Å². The fourth-order valence-corrected chi connectivity index (χ4v) is 10.3. The Labute approximate surface area is 229 Å². The average molecular weight is 501 g/mol. The molecular weight excluding hydrogens is 444 g/mol. The molecule has 6 aliphatic rings. The minimum absolute atomic E-state index is 0.301. The lowest BCUT2D eigenvalue weighted by atomic mass is 9.55. The van der Waals surface area contributed by atoms with E-state index in [-0.39, 0.29) is 0 Å². The van der Waals surface area contributed by atoms with Crippen molar-refractivity contribution in [2.75, 3.05) is 0 Å². The molecular formula is C37H56. The van der Waals surface area contributed by atoms with E-state index in [9.17, 15) is 0 Å². The van der Waals surface area contributed by atoms with Gasteiger partial charge in [0.1, 0.15) is 0 Å². The molecule has 0 aromatic carbocycles. The summed E-state index contributed by atoms with van der Waals surface area (Å²) in [5, 5.41) is 0. The highest BCUT2D eigenvalue weighted by Crippen LogP contribution is 2.67. The molecule has 0 bridgehead atoms. The summed E-state index contributed by atoms with van der Waals surface area (Å²) in [6.45, 7) is 25.6. The SMILES string of the molecule is CC1(C)CCC(C)(C)C2=CC3C(C=C21)C1C=C2C(=CC1C3C(C)(C)C1CCCC1)C(C)(C)CCC2(C)C. The van der Waals surface area contributed by atoms with Crippen molar-refractivity contribution in [1.82, 2.24) is 0 Å². The van der Waals surface area contributed by atoms with Crippen molar-refractivity contribution in [3.05, 3.63) is 46.6 Å². The number of hydrogen-bond donors (Lipinski definition) is 0. The molecule has 204 valence electrons. The maximum Gasteiger partial charge on any atom is -0.00921 e. The number of hydrogen-bond acceptors (Lipinski definition) is 0. The van der Waals surface area contributed by atoms with Crippen LogP contribution in [0.25, 0.3) is 0 Å². The third-order valence-electron chi connectivity index (χ3n) is 13.1. The zero-order chi connectivity index (χ0) is 26.8. The van der Waals surface area contributed by atoms with Gasteiger partial charge in [0.05, 0.1) is 0 Å². The van der Waals surface area contributed by atoms with E-state index in [4.69, 9.17) is 0 Å². The van der Waals surface area contributed by atoms with Gasteiger partial charge < -0.3 is 0 Å². The molecule has 4 fully saturated rings. The first-order chi connectivity index (χ1) is 17.1. The molecule has 0 nitrogen and oxygen atoms in total. The summed E-state index contributed by atoms with van der Waals surface area (Å²) in [4.78, 5) is 0. The fourth-order valence-electron chi connectivity index (χ4n) is 10.3. The van der Waals surface area contributed by atoms with Crippen molar-refractivity contribution in [1.29, 1.82) is 0 Å². The van der Waals surface area contributed by atoms with Gasteiger partial charge in [-0.05, 0) is 123 Å². The molecule has 0 N–H and O–H groups in total. The van der Waals surface area contributed by atoms with Gasteiger partial charge in [-0.1, -0.05) is 106 Å². The van der Waals surface area contributed by atoms with Crippen molar-refractivity contribution in [2.45, 2.75) is 121 Å². The second-order valence-corrected chi connectivity index (χ2v) is 17.5. The highest BCUT2D eigenvalue weighted by atomic mass is 14.6. The molecule has 0 heteroatoms. The molecule has 0 aromatic rings. The smallest absolute Gasteiger partial charge is 0.00921 e. The van der Waals surface area contributed by atoms with Gasteiger partial charge in [-0.25, -0.2) is 0 Å². The Kier molecular flexibility index (Phi) is 5.67. The minimum atomic E-state index is 0.301. The number of allylic oxidation sites excluding steroid dienone is 8. The van der Waals surface area contributed by atoms with E-state index in [1.165, 1.54) is 51.4 Å². The van der Waals surface area contributed by atoms with Crippen molar-refractivity contribution < 1.29 is 0 Å². The summed E-state index contributed by atoms with van der Waals surface area (Å²) in [6, 6.07) is 0. The summed E-state index contributed by atoms with van der Waals surface area (Å²) in [6.07, 6.45) is 22.6. The van der Waals surface area contributed by atoms with Crippen molar-refractivity contribution >= 4 is 0 Å². The predicted octanol–water partition coefficient (Wildman–Crippen LogP) is 10.7. The topological polar surface area (TPSA) is 0 Å². The summed E-state index contributed by atoms with van der Waals surface area (Å²) < 4.78 is 0. The largest absolute Gasteiger partial charge is 0.0764 e. The molecule has 0 aliphatic heterocycles. The molecule has 0 amide bonds. The molecule has 0 radical (unpaired) electrons. The van der Waals surface area contributed by atoms with Crippen LogP contribution in [0.4, 0.5) is 0 Å². The van der Waals surface area contributed by atoms with E-state index < -0.39 is 0 Å². The van der Waals surface area contributed by atoms with E-state index in [2.05, 4.69) is 93.5 Å². The highest BCUT2D eigenvalue weighted by molar-refractivity contribution is 5.51. The maximum atomic E-state index is 2.89. The Bertz CT molecular complexity index is 1010. The highest BCUT2D eigenvalue weighted by Gasteiger charge is 2.59. The van der Waals surface area contributed by atoms with Crippen LogP contribution in [0, 0.1) is 62.6 Å². The first-order valence-electron chi connectivity index (χ1n) is 16.0. The molecule has 0 aromatic heterocycles. The van der Waals surface area contributed by atoms with Gasteiger partial charge in [0.25, 0.3) is 0 Å². The van der Waals surface area contributed by atoms with E-state index in [1.807, 2.05) is 0 Å². The summed E-state index contributed by atoms with van der Waals surface area (Å²) in [7, 11) is 0. The third-order valence-corrected chi connectivity index (χ3v) is 13.1. The zero-order valence-corrected chi connectivity index (χ0v) is 25.9. The van der Waals surface area contributed by atoms with Crippen LogP contribution in [0.1, 0.15) is 121 Å². The van der Waals surface area contributed by atoms with Crippen LogP contribution in [0.5, 0.6) is 0 Å². The molecule has 0 saturated heterocycles. The maximum absolute atomic E-state index is 2.89. The Balaban J connectivity index is 1.54. The second-order valence-electron chi connectivity index (χ2n) is 17.5. The van der Waals surface area contributed by atoms with E-state index in [1.54, 1.807) is 22.3 Å². The quantitative estimate of drug-likeness (QED) is 0.353. The zero-order valence-electron chi connectivity index (χ0n) is 25.9. The summed E-state index contributed by atoms with van der Waals surface area (Å²) >= 11 is 0. The Hall–Kier alpha value is -1.04. The van der Waals surface area contributed by atoms with E-state index in [0.29, 0.717) is 50.7 Å². The lowest BCUT2D eigenvalue weighted by Gasteiger charge is -2.49. The van der Waals surface area contributed by atoms with Gasteiger partial charge in [0.15, 0.2) is 0 Å². The fraction of sp³-hybridized carbons (Fsp3) is 0.784. The normalized spacial score (nSPS) is 39.4. The van der Waals surface area contributed by atoms with Gasteiger partial charge in [0, 0.05) is 0 Å². The van der Waals surface area contributed by atoms with Crippen LogP contribution in [-0.4, -0.2) is 0 Å². The third kappa shape index (κ3) is 3.80. The van der Waals surface area contributed by atoms with Crippen LogP contribution in [0.15, 0.2) is 46.6 Å². The molecule has 0 spiro atoms. The van der Waals surface area contributed by atoms with Gasteiger partial charge in [0.2, 0.25) is 0 Å².